The van der Waals surface area contributed by atoms with Crippen molar-refractivity contribution in [2.45, 2.75) is 32.6 Å². The molecule has 0 aromatic heterocycles. The van der Waals surface area contributed by atoms with E-state index >= 15 is 0 Å². The van der Waals surface area contributed by atoms with Gasteiger partial charge in [0, 0.05) is 42.3 Å². The maximum Gasteiger partial charge on any atom is 0.232 e. The predicted octanol–water partition coefficient (Wildman–Crippen LogP) is 3.96. The molecule has 9 heteroatoms. The fraction of sp³-hybridized carbons (Fsp3) is 0.364. The van der Waals surface area contributed by atoms with E-state index in [0.717, 1.165) is 23.9 Å². The molecular formula is C22H26ClN3O4S. The molecule has 0 bridgehead atoms. The molecule has 1 heterocycles. The average Bonchev–Trinajstić information content (AvgIpc) is 3.13. The van der Waals surface area contributed by atoms with Crippen molar-refractivity contribution in [3.63, 3.8) is 0 Å². The first kappa shape index (κ1) is 23.1. The van der Waals surface area contributed by atoms with Gasteiger partial charge in [0.15, 0.2) is 0 Å². The molecule has 31 heavy (non-hydrogen) atoms. The molecule has 2 aromatic carbocycles. The first-order valence-electron chi connectivity index (χ1n) is 10.1. The quantitative estimate of drug-likeness (QED) is 0.641. The standard InChI is InChI=1S/C22H26ClN3O4S/c1-16-7-8-17(23)15-20(16)26(31(2,29)30)14-3-5-21(27)24-18-9-11-19(12-10-18)25-13-4-6-22(25)28/h7-12,15H,3-6,13-14H2,1-2H3,(H,24,27). The predicted molar refractivity (Wildman–Crippen MR) is 124 cm³/mol. The molecule has 1 fully saturated rings. The van der Waals surface area contributed by atoms with E-state index < -0.39 is 10.0 Å². The molecule has 2 aromatic rings. The number of carbonyl (C=O) groups excluding carboxylic acids is 2. The van der Waals surface area contributed by atoms with Crippen LogP contribution in [0.25, 0.3) is 0 Å². The normalized spacial score (nSPS) is 14.0. The number of nitrogens with zero attached hydrogens (tertiary/aromatic N) is 2. The number of rotatable bonds is 8. The monoisotopic (exact) mass is 463 g/mol. The maximum absolute atomic E-state index is 12.3. The van der Waals surface area contributed by atoms with Gasteiger partial charge in [-0.25, -0.2) is 8.42 Å². The maximum atomic E-state index is 12.3. The number of aryl methyl sites for hydroxylation is 1. The molecule has 1 saturated heterocycles. The van der Waals surface area contributed by atoms with E-state index in [9.17, 15) is 18.0 Å². The molecule has 166 valence electrons. The lowest BCUT2D eigenvalue weighted by Gasteiger charge is -2.24. The van der Waals surface area contributed by atoms with Gasteiger partial charge in [0.25, 0.3) is 0 Å². The van der Waals surface area contributed by atoms with E-state index in [0.29, 0.717) is 35.8 Å². The van der Waals surface area contributed by atoms with Gasteiger partial charge in [-0.2, -0.15) is 0 Å². The number of halogens is 1. The van der Waals surface area contributed by atoms with Gasteiger partial charge < -0.3 is 10.2 Å². The van der Waals surface area contributed by atoms with E-state index in [1.165, 1.54) is 4.31 Å². The van der Waals surface area contributed by atoms with Crippen molar-refractivity contribution in [2.24, 2.45) is 0 Å². The SMILES string of the molecule is Cc1ccc(Cl)cc1N(CCCC(=O)Nc1ccc(N2CCCC2=O)cc1)S(C)(=O)=O. The Labute approximate surface area is 188 Å². The minimum absolute atomic E-state index is 0.113. The fourth-order valence-corrected chi connectivity index (χ4v) is 4.75. The average molecular weight is 464 g/mol. The number of anilines is 3. The minimum Gasteiger partial charge on any atom is -0.326 e. The van der Waals surface area contributed by atoms with Crippen molar-refractivity contribution in [2.75, 3.05) is 33.9 Å². The lowest BCUT2D eigenvalue weighted by atomic mass is 10.2. The van der Waals surface area contributed by atoms with Crippen LogP contribution < -0.4 is 14.5 Å². The lowest BCUT2D eigenvalue weighted by Crippen LogP contribution is -2.32. The largest absolute Gasteiger partial charge is 0.326 e. The number of benzene rings is 2. The highest BCUT2D eigenvalue weighted by atomic mass is 35.5. The van der Waals surface area contributed by atoms with Crippen molar-refractivity contribution >= 4 is 50.5 Å². The molecule has 7 nitrogen and oxygen atoms in total. The molecule has 0 unspecified atom stereocenters. The van der Waals surface area contributed by atoms with Gasteiger partial charge in [-0.1, -0.05) is 17.7 Å². The fourth-order valence-electron chi connectivity index (χ4n) is 3.57. The van der Waals surface area contributed by atoms with Crippen molar-refractivity contribution in [3.05, 3.63) is 53.1 Å². The van der Waals surface area contributed by atoms with E-state index in [4.69, 9.17) is 11.6 Å². The van der Waals surface area contributed by atoms with E-state index in [2.05, 4.69) is 5.32 Å². The van der Waals surface area contributed by atoms with Crippen LogP contribution in [-0.4, -0.2) is 39.6 Å². The summed E-state index contributed by atoms with van der Waals surface area (Å²) in [5, 5.41) is 3.26. The Kier molecular flexibility index (Phi) is 7.23. The van der Waals surface area contributed by atoms with Crippen LogP contribution in [0.15, 0.2) is 42.5 Å². The summed E-state index contributed by atoms with van der Waals surface area (Å²) in [5.74, 6) is -0.0941. The molecule has 3 rings (SSSR count). The number of nitrogens with one attached hydrogen (secondary N) is 1. The highest BCUT2D eigenvalue weighted by Crippen LogP contribution is 2.27. The highest BCUT2D eigenvalue weighted by Gasteiger charge is 2.22. The van der Waals surface area contributed by atoms with Gasteiger partial charge >= 0.3 is 0 Å². The summed E-state index contributed by atoms with van der Waals surface area (Å²) in [7, 11) is -3.52. The topological polar surface area (TPSA) is 86.8 Å². The summed E-state index contributed by atoms with van der Waals surface area (Å²) >= 11 is 6.04. The van der Waals surface area contributed by atoms with Gasteiger partial charge in [0.05, 0.1) is 11.9 Å². The third-order valence-electron chi connectivity index (χ3n) is 5.14. The lowest BCUT2D eigenvalue weighted by molar-refractivity contribution is -0.117. The summed E-state index contributed by atoms with van der Waals surface area (Å²) in [4.78, 5) is 25.9. The van der Waals surface area contributed by atoms with Crippen LogP contribution in [-0.2, 0) is 19.6 Å². The van der Waals surface area contributed by atoms with Crippen LogP contribution in [0.3, 0.4) is 0 Å². The molecule has 0 aliphatic carbocycles. The van der Waals surface area contributed by atoms with E-state index in [1.807, 2.05) is 19.1 Å². The van der Waals surface area contributed by atoms with Crippen molar-refractivity contribution in [3.8, 4) is 0 Å². The Bertz CT molecular complexity index is 1070. The Morgan fingerprint density at radius 1 is 1.19 bits per heavy atom. The third-order valence-corrected chi connectivity index (χ3v) is 6.56. The number of amides is 2. The zero-order valence-corrected chi connectivity index (χ0v) is 19.2. The zero-order chi connectivity index (χ0) is 22.6. The summed E-state index contributed by atoms with van der Waals surface area (Å²) in [5.41, 5.74) is 2.76. The zero-order valence-electron chi connectivity index (χ0n) is 17.6. The molecule has 1 aliphatic rings. The Balaban J connectivity index is 1.57. The van der Waals surface area contributed by atoms with Crippen LogP contribution in [0.5, 0.6) is 0 Å². The second-order valence-electron chi connectivity index (χ2n) is 7.61. The molecule has 0 radical (unpaired) electrons. The van der Waals surface area contributed by atoms with Crippen LogP contribution in [0.1, 0.15) is 31.2 Å². The second-order valence-corrected chi connectivity index (χ2v) is 9.96. The molecule has 2 amide bonds. The van der Waals surface area contributed by atoms with Gasteiger partial charge in [-0.15, -0.1) is 0 Å². The molecule has 0 atom stereocenters. The summed E-state index contributed by atoms with van der Waals surface area (Å²) in [6.07, 6.45) is 3.08. The van der Waals surface area contributed by atoms with Crippen LogP contribution in [0.4, 0.5) is 17.1 Å². The molecule has 1 N–H and O–H groups in total. The minimum atomic E-state index is -3.52. The molecule has 0 saturated carbocycles. The Morgan fingerprint density at radius 2 is 1.90 bits per heavy atom. The second kappa shape index (κ2) is 9.70. The van der Waals surface area contributed by atoms with Gasteiger partial charge in [0.1, 0.15) is 0 Å². The number of carbonyl (C=O) groups is 2. The number of sulfonamides is 1. The van der Waals surface area contributed by atoms with Crippen LogP contribution in [0, 0.1) is 6.92 Å². The summed E-state index contributed by atoms with van der Waals surface area (Å²) in [6.45, 7) is 2.70. The number of hydrogen-bond acceptors (Lipinski definition) is 4. The van der Waals surface area contributed by atoms with Crippen LogP contribution in [0.2, 0.25) is 5.02 Å². The Morgan fingerprint density at radius 3 is 2.52 bits per heavy atom. The number of hydrogen-bond donors (Lipinski definition) is 1. The summed E-state index contributed by atoms with van der Waals surface area (Å²) in [6, 6.07) is 12.2. The summed E-state index contributed by atoms with van der Waals surface area (Å²) < 4.78 is 25.8. The van der Waals surface area contributed by atoms with Gasteiger partial charge in [0.2, 0.25) is 21.8 Å². The smallest absolute Gasteiger partial charge is 0.232 e. The molecular weight excluding hydrogens is 438 g/mol. The van der Waals surface area contributed by atoms with Crippen molar-refractivity contribution in [1.82, 2.24) is 0 Å². The Hall–Kier alpha value is -2.58. The molecule has 0 spiro atoms. The van der Waals surface area contributed by atoms with E-state index in [1.54, 1.807) is 35.2 Å². The third kappa shape index (κ3) is 5.98. The highest BCUT2D eigenvalue weighted by molar-refractivity contribution is 7.92. The van der Waals surface area contributed by atoms with Crippen molar-refractivity contribution in [1.29, 1.82) is 0 Å². The van der Waals surface area contributed by atoms with Crippen molar-refractivity contribution < 1.29 is 18.0 Å². The molecule has 1 aliphatic heterocycles. The van der Waals surface area contributed by atoms with Gasteiger partial charge in [-0.3, -0.25) is 13.9 Å². The van der Waals surface area contributed by atoms with Gasteiger partial charge in [-0.05, 0) is 61.7 Å². The first-order valence-corrected chi connectivity index (χ1v) is 12.3. The first-order chi connectivity index (χ1) is 14.6. The van der Waals surface area contributed by atoms with Crippen LogP contribution >= 0.6 is 11.6 Å². The van der Waals surface area contributed by atoms with E-state index in [-0.39, 0.29) is 24.8 Å².